The van der Waals surface area contributed by atoms with E-state index < -0.39 is 0 Å². The zero-order valence-corrected chi connectivity index (χ0v) is 75.3. The highest BCUT2D eigenvalue weighted by molar-refractivity contribution is 5.76. The number of piperazine rings is 6. The van der Waals surface area contributed by atoms with Crippen LogP contribution in [0.25, 0.3) is 0 Å². The van der Waals surface area contributed by atoms with Gasteiger partial charge < -0.3 is 29.5 Å². The Morgan fingerprint density at radius 1 is 0.407 bits per heavy atom. The molecule has 0 aromatic carbocycles. The third kappa shape index (κ3) is 23.1. The third-order valence-corrected chi connectivity index (χ3v) is 28.1. The predicted molar refractivity (Wildman–Crippen MR) is 454 cm³/mol. The molecule has 16 aliphatic rings. The monoisotopic (exact) mass is 1520 g/mol. The number of alkyl carbamates (subject to hydrolysis) is 1. The average Bonchev–Trinajstić information content (AvgIpc) is 1.63. The Labute approximate surface area is 666 Å². The van der Waals surface area contributed by atoms with Gasteiger partial charge in [0.15, 0.2) is 0 Å². The summed E-state index contributed by atoms with van der Waals surface area (Å²) >= 11 is 0. The van der Waals surface area contributed by atoms with Crippen LogP contribution >= 0.6 is 0 Å². The zero-order chi connectivity index (χ0) is 79.2. The van der Waals surface area contributed by atoms with E-state index in [0.717, 1.165) is 112 Å². The van der Waals surface area contributed by atoms with Gasteiger partial charge in [0.1, 0.15) is 6.61 Å². The minimum atomic E-state index is -0.258. The molecule has 16 fully saturated rings. The van der Waals surface area contributed by atoms with Crippen molar-refractivity contribution in [3.63, 3.8) is 0 Å². The summed E-state index contributed by atoms with van der Waals surface area (Å²) in [5.41, 5.74) is 2.64. The van der Waals surface area contributed by atoms with Crippen molar-refractivity contribution >= 4 is 12.0 Å². The van der Waals surface area contributed by atoms with Crippen LogP contribution in [0, 0.1) is 5.92 Å². The van der Waals surface area contributed by atoms with Crippen LogP contribution in [-0.4, -0.2) is 362 Å². The van der Waals surface area contributed by atoms with Crippen LogP contribution in [0.3, 0.4) is 0 Å². The van der Waals surface area contributed by atoms with Gasteiger partial charge in [0, 0.05) is 247 Å². The number of likely N-dealkylation sites (N-methyl/N-ethyl adjacent to an activating group) is 3. The lowest BCUT2D eigenvalue weighted by Gasteiger charge is -2.47. The summed E-state index contributed by atoms with van der Waals surface area (Å²) in [7, 11) is 8.59. The summed E-state index contributed by atoms with van der Waals surface area (Å²) in [4.78, 5) is 58.8. The Morgan fingerprint density at radius 2 is 0.824 bits per heavy atom. The smallest absolute Gasteiger partial charge is 0.407 e. The molecule has 1 aliphatic carbocycles. The maximum atomic E-state index is 11.7. The maximum absolute atomic E-state index is 11.7. The van der Waals surface area contributed by atoms with E-state index in [2.05, 4.69) is 268 Å². The van der Waals surface area contributed by atoms with Crippen molar-refractivity contribution in [2.24, 2.45) is 5.92 Å². The van der Waals surface area contributed by atoms with Gasteiger partial charge >= 0.3 is 6.09 Å². The number of piperidine rings is 1. The van der Waals surface area contributed by atoms with Crippen LogP contribution < -0.4 is 5.32 Å². The molecule has 630 valence electrons. The molecule has 108 heavy (non-hydrogen) atoms. The number of nitrogens with zero attached hydrogens (tertiary/aromatic N) is 14. The van der Waals surface area contributed by atoms with Crippen molar-refractivity contribution in [3.05, 3.63) is 0 Å². The molecule has 16 bridgehead atoms. The van der Waals surface area contributed by atoms with E-state index in [1.807, 2.05) is 6.92 Å². The number of fused-ring (bicyclic) bond motifs is 16. The quantitative estimate of drug-likeness (QED) is 0.272. The van der Waals surface area contributed by atoms with Crippen molar-refractivity contribution < 1.29 is 19.1 Å². The predicted octanol–water partition coefficient (Wildman–Crippen LogP) is 12.8. The fraction of sp³-hybridized carbons (Fsp3) is 0.978. The van der Waals surface area contributed by atoms with Crippen LogP contribution in [-0.2, 0) is 14.3 Å². The standard InChI is InChI=1S/C12H24N2O.C12H22N2O.C12H24N2.2C11H22N2.C10H18N2O2.C10H20N2.C10H19N.CH4/c1-12(2,3)14-9-10-7-11(14)8-13(10)5-6-15-4;1-5-11(15)13-7-10-6-9(13)8-14(10)12(2,3)4;1-5-6-13-8-11-7-10(13)9-14(11)12(2,3)4;1-11(2,3)13-7-9-5-6-10(8-13)12(9)4;1-11(2,3)13-9-5-6-10(13)8-12(4)7-9;1-10(2,3)12-5-7-4-8(12)6-14-9(13)11-7;1-10(2,3)12-7-8-5-9(12)6-11(8)4;1-10(2,3)11-7-8-4-5-9(11)6-8;/h10-11H,5-9H2,1-4H3;9-10H,5-8H2,1-4H3;10-11H,5-9H2,1-4H3;2*9-10H,5-8H2,1-4H3;7-8H,4-6H2,1-3H3,(H,11,13);8-9H,5-7H2,1-4H3;8-9H,4-7H2,1-3H3;1H4. The van der Waals surface area contributed by atoms with Gasteiger partial charge in [0.2, 0.25) is 5.91 Å². The van der Waals surface area contributed by atoms with Crippen LogP contribution in [0.5, 0.6) is 0 Å². The summed E-state index contributed by atoms with van der Waals surface area (Å²) in [5.74, 6) is 1.37. The highest BCUT2D eigenvalue weighted by Crippen LogP contribution is 2.43. The number of cyclic esters (lactones) is 1. The summed E-state index contributed by atoms with van der Waals surface area (Å²) in [6, 6.07) is 10.9. The van der Waals surface area contributed by atoms with Crippen molar-refractivity contribution in [1.82, 2.24) is 73.9 Å². The van der Waals surface area contributed by atoms with E-state index in [1.54, 1.807) is 7.11 Å². The number of methoxy groups -OCH3 is 1. The molecule has 0 aromatic heterocycles. The SMILES string of the molecule is C.CC(C)(C)N1CC2CC1COC(=O)N2.CC(C)(C)N1CC2CCC1C2.CCC(=O)N1CC2CC1CN2C(C)(C)C.CCCN1CC2CC1CN2C(C)(C)C.CN1C2CCC1CN(C(C)(C)C)C2.CN1CC2CC1CN2C(C)(C)C.CN1CC2CCC(C1)N2C(C)(C)C.COCCN1CC2CC1CN2C(C)(C)C. The molecular formula is C89H175N15O4. The summed E-state index contributed by atoms with van der Waals surface area (Å²) < 4.78 is 10.2. The van der Waals surface area contributed by atoms with Gasteiger partial charge in [-0.3, -0.25) is 58.7 Å². The van der Waals surface area contributed by atoms with Gasteiger partial charge in [-0.25, -0.2) is 4.79 Å². The summed E-state index contributed by atoms with van der Waals surface area (Å²) in [5, 5.41) is 2.87. The number of ether oxygens (including phenoxy) is 2. The maximum Gasteiger partial charge on any atom is 0.407 e. The number of hydrogen-bond acceptors (Lipinski definition) is 17. The first-order valence-corrected chi connectivity index (χ1v) is 43.9. The normalized spacial score (nSPS) is 34.7. The van der Waals surface area contributed by atoms with Crippen molar-refractivity contribution in [1.29, 1.82) is 0 Å². The molecule has 19 nitrogen and oxygen atoms in total. The first-order valence-electron chi connectivity index (χ1n) is 43.9. The van der Waals surface area contributed by atoms with Crippen molar-refractivity contribution in [2.75, 3.05) is 146 Å². The fourth-order valence-corrected chi connectivity index (χ4v) is 22.9. The Balaban J connectivity index is 0.000000156. The molecule has 1 N–H and O–H groups in total. The van der Waals surface area contributed by atoms with Crippen LogP contribution in [0.2, 0.25) is 0 Å². The lowest BCUT2D eigenvalue weighted by molar-refractivity contribution is -0.133. The fourth-order valence-electron chi connectivity index (χ4n) is 22.9. The van der Waals surface area contributed by atoms with Gasteiger partial charge in [0.25, 0.3) is 0 Å². The minimum Gasteiger partial charge on any atom is -0.448 e. The van der Waals surface area contributed by atoms with Gasteiger partial charge in [0.05, 0.1) is 6.61 Å². The van der Waals surface area contributed by atoms with Crippen molar-refractivity contribution in [3.8, 4) is 0 Å². The minimum absolute atomic E-state index is 0. The first kappa shape index (κ1) is 91.7. The lowest BCUT2D eigenvalue weighted by atomic mass is 10.0. The van der Waals surface area contributed by atoms with Crippen LogP contribution in [0.15, 0.2) is 0 Å². The second kappa shape index (κ2) is 36.4. The van der Waals surface area contributed by atoms with E-state index in [4.69, 9.17) is 9.47 Å². The molecular weight excluding hydrogens is 1340 g/mol. The topological polar surface area (TPSA) is 110 Å². The number of hydrogen-bond donors (Lipinski definition) is 1. The highest BCUT2D eigenvalue weighted by Gasteiger charge is 2.52. The molecule has 15 aliphatic heterocycles. The molecule has 0 spiro atoms. The molecule has 16 rings (SSSR count). The molecule has 1 saturated carbocycles. The molecule has 16 atom stereocenters. The van der Waals surface area contributed by atoms with Gasteiger partial charge in [-0.2, -0.15) is 0 Å². The first-order chi connectivity index (χ1) is 49.5. The Kier molecular flexibility index (Phi) is 30.9. The Bertz CT molecular complexity index is 2760. The third-order valence-electron chi connectivity index (χ3n) is 28.1. The molecule has 0 radical (unpaired) electrons. The second-order valence-corrected chi connectivity index (χ2v) is 44.4. The van der Waals surface area contributed by atoms with E-state index >= 15 is 0 Å². The molecule has 2 amide bonds. The van der Waals surface area contributed by atoms with E-state index in [-0.39, 0.29) is 30.6 Å². The van der Waals surface area contributed by atoms with E-state index in [0.29, 0.717) is 70.3 Å². The largest absolute Gasteiger partial charge is 0.448 e. The molecule has 16 unspecified atom stereocenters. The molecule has 0 aromatic rings. The Hall–Kier alpha value is -1.82. The molecule has 15 heterocycles. The number of nitrogens with one attached hydrogen (secondary N) is 1. The number of likely N-dealkylation sites (tertiary alicyclic amines) is 12. The summed E-state index contributed by atoms with van der Waals surface area (Å²) in [6.07, 6.45) is 18.2. The number of carbonyl (C=O) groups excluding carboxylic acids is 2. The van der Waals surface area contributed by atoms with Gasteiger partial charge in [-0.1, -0.05) is 21.3 Å². The number of carbonyl (C=O) groups is 2. The van der Waals surface area contributed by atoms with E-state index in [1.165, 1.54) is 156 Å². The van der Waals surface area contributed by atoms with Crippen molar-refractivity contribution in [2.45, 2.75) is 412 Å². The zero-order valence-electron chi connectivity index (χ0n) is 75.3. The average molecular weight is 1520 g/mol. The number of rotatable bonds is 6. The Morgan fingerprint density at radius 3 is 1.19 bits per heavy atom. The highest BCUT2D eigenvalue weighted by atomic mass is 16.6. The number of amides is 2. The van der Waals surface area contributed by atoms with Crippen LogP contribution in [0.4, 0.5) is 4.79 Å². The van der Waals surface area contributed by atoms with Gasteiger partial charge in [-0.15, -0.1) is 0 Å². The van der Waals surface area contributed by atoms with Gasteiger partial charge in [-0.05, 0) is 283 Å². The molecule has 15 saturated heterocycles. The van der Waals surface area contributed by atoms with E-state index in [9.17, 15) is 9.59 Å². The van der Waals surface area contributed by atoms with Crippen LogP contribution in [0.1, 0.15) is 277 Å². The second-order valence-electron chi connectivity index (χ2n) is 44.4. The molecule has 19 heteroatoms. The summed E-state index contributed by atoms with van der Waals surface area (Å²) in [6.45, 7) is 80.6. The lowest BCUT2D eigenvalue weighted by Crippen LogP contribution is -2.58.